The largest absolute Gasteiger partial charge is 0.461 e. The molecular formula is C56H95N3O6. The van der Waals surface area contributed by atoms with E-state index in [9.17, 15) is 19.2 Å². The molecule has 0 aliphatic rings. The number of hydrogen-bond acceptors (Lipinski definition) is 8. The summed E-state index contributed by atoms with van der Waals surface area (Å²) < 4.78 is 11.1. The Bertz CT molecular complexity index is 1400. The van der Waals surface area contributed by atoms with Crippen molar-refractivity contribution in [3.8, 4) is 0 Å². The average molecular weight is 906 g/mol. The molecule has 370 valence electrons. The number of carbonyl (C=O) groups is 4. The lowest BCUT2D eigenvalue weighted by atomic mass is 10.0. The summed E-state index contributed by atoms with van der Waals surface area (Å²) in [5.41, 5.74) is 7.35. The number of rotatable bonds is 45. The number of carbonyl (C=O) groups excluding carboxylic acids is 4. The van der Waals surface area contributed by atoms with Crippen LogP contribution in [0.2, 0.25) is 0 Å². The van der Waals surface area contributed by atoms with E-state index in [1.165, 1.54) is 89.9 Å². The first-order valence-corrected chi connectivity index (χ1v) is 26.6. The van der Waals surface area contributed by atoms with Gasteiger partial charge in [0.1, 0.15) is 6.61 Å². The molecule has 0 fully saturated rings. The Labute approximate surface area is 397 Å². The van der Waals surface area contributed by atoms with Crippen LogP contribution in [0.5, 0.6) is 0 Å². The van der Waals surface area contributed by atoms with Gasteiger partial charge in [-0.05, 0) is 89.5 Å². The lowest BCUT2D eigenvalue weighted by Gasteiger charge is -2.17. The van der Waals surface area contributed by atoms with E-state index in [1.54, 1.807) is 6.21 Å². The molecule has 1 aromatic rings. The number of allylic oxidation sites excluding steroid dienone is 4. The van der Waals surface area contributed by atoms with E-state index in [1.807, 2.05) is 31.2 Å². The zero-order valence-corrected chi connectivity index (χ0v) is 41.8. The quantitative estimate of drug-likeness (QED) is 0.0219. The van der Waals surface area contributed by atoms with Gasteiger partial charge in [-0.3, -0.25) is 24.2 Å². The van der Waals surface area contributed by atoms with Gasteiger partial charge < -0.3 is 20.5 Å². The minimum atomic E-state index is -1.22. The summed E-state index contributed by atoms with van der Waals surface area (Å²) in [4.78, 5) is 55.7. The molecule has 0 aliphatic heterocycles. The topological polar surface area (TPSA) is 137 Å². The van der Waals surface area contributed by atoms with Crippen LogP contribution in [0.4, 0.5) is 0 Å². The molecule has 0 saturated carbocycles. The van der Waals surface area contributed by atoms with E-state index >= 15 is 0 Å². The molecule has 3 N–H and O–H groups in total. The molecule has 9 heteroatoms. The van der Waals surface area contributed by atoms with Gasteiger partial charge in [0.15, 0.2) is 5.78 Å². The highest BCUT2D eigenvalue weighted by molar-refractivity contribution is 5.96. The van der Waals surface area contributed by atoms with Crippen molar-refractivity contribution in [3.05, 3.63) is 59.7 Å². The van der Waals surface area contributed by atoms with Gasteiger partial charge in [-0.25, -0.2) is 0 Å². The Kier molecular flexibility index (Phi) is 40.5. The predicted molar refractivity (Wildman–Crippen MR) is 273 cm³/mol. The van der Waals surface area contributed by atoms with Gasteiger partial charge in [0.25, 0.3) is 5.91 Å². The molecule has 0 bridgehead atoms. The fourth-order valence-corrected chi connectivity index (χ4v) is 7.66. The summed E-state index contributed by atoms with van der Waals surface area (Å²) in [5.74, 6) is -1.22. The minimum absolute atomic E-state index is 0.133. The zero-order chi connectivity index (χ0) is 47.3. The second-order valence-corrected chi connectivity index (χ2v) is 18.3. The zero-order valence-electron chi connectivity index (χ0n) is 41.8. The molecule has 2 unspecified atom stereocenters. The number of benzene rings is 1. The van der Waals surface area contributed by atoms with E-state index in [-0.39, 0.29) is 43.8 Å². The third kappa shape index (κ3) is 38.2. The lowest BCUT2D eigenvalue weighted by Crippen LogP contribution is -2.42. The molecule has 0 aliphatic carbocycles. The van der Waals surface area contributed by atoms with Crippen molar-refractivity contribution in [1.29, 1.82) is 0 Å². The maximum Gasteiger partial charge on any atom is 0.306 e. The maximum atomic E-state index is 13.2. The van der Waals surface area contributed by atoms with Crippen LogP contribution >= 0.6 is 0 Å². The maximum absolute atomic E-state index is 13.2. The number of amides is 1. The molecule has 1 aromatic carbocycles. The lowest BCUT2D eigenvalue weighted by molar-refractivity contribution is -0.164. The molecule has 2 atom stereocenters. The Morgan fingerprint density at radius 3 is 1.54 bits per heavy atom. The van der Waals surface area contributed by atoms with E-state index in [4.69, 9.17) is 15.2 Å². The molecule has 0 radical (unpaired) electrons. The summed E-state index contributed by atoms with van der Waals surface area (Å²) in [7, 11) is 0. The fourth-order valence-electron chi connectivity index (χ4n) is 7.66. The van der Waals surface area contributed by atoms with Gasteiger partial charge in [-0.15, -0.1) is 0 Å². The SMILES string of the molecule is CCCCCCCC/C=C\CCCCCCCC(=O)OCC(OC(=O)CCCCCCC/C=C\CCCCCCCC)C(=O)NCCN=Cc1ccc(C(=O)CCCCCC(C)N)cc1. The minimum Gasteiger partial charge on any atom is -0.461 e. The normalized spacial score (nSPS) is 12.6. The second kappa shape index (κ2) is 44.3. The van der Waals surface area contributed by atoms with Crippen molar-refractivity contribution < 1.29 is 28.7 Å². The highest BCUT2D eigenvalue weighted by Gasteiger charge is 2.24. The Morgan fingerprint density at radius 1 is 0.585 bits per heavy atom. The Morgan fingerprint density at radius 2 is 1.03 bits per heavy atom. The van der Waals surface area contributed by atoms with Crippen molar-refractivity contribution in [2.24, 2.45) is 10.7 Å². The summed E-state index contributed by atoms with van der Waals surface area (Å²) in [6.07, 6.45) is 45.1. The molecular weight excluding hydrogens is 811 g/mol. The number of Topliss-reactive ketones (excluding diaryl/α,β-unsaturated/α-hetero) is 1. The molecule has 1 amide bonds. The number of hydrogen-bond donors (Lipinski definition) is 2. The van der Waals surface area contributed by atoms with Crippen LogP contribution in [-0.2, 0) is 23.9 Å². The summed E-state index contributed by atoms with van der Waals surface area (Å²) in [6, 6.07) is 7.57. The summed E-state index contributed by atoms with van der Waals surface area (Å²) in [6.45, 7) is 6.73. The molecule has 65 heavy (non-hydrogen) atoms. The van der Waals surface area contributed by atoms with Crippen LogP contribution < -0.4 is 11.1 Å². The van der Waals surface area contributed by atoms with Crippen LogP contribution in [-0.4, -0.2) is 61.7 Å². The Balaban J connectivity index is 2.47. The number of unbranched alkanes of at least 4 members (excludes halogenated alkanes) is 24. The predicted octanol–water partition coefficient (Wildman–Crippen LogP) is 14.2. The third-order valence-electron chi connectivity index (χ3n) is 11.8. The summed E-state index contributed by atoms with van der Waals surface area (Å²) >= 11 is 0. The van der Waals surface area contributed by atoms with Crippen LogP contribution in [0.15, 0.2) is 53.6 Å². The van der Waals surface area contributed by atoms with Crippen LogP contribution in [0, 0.1) is 0 Å². The number of ketones is 1. The number of nitrogens with one attached hydrogen (secondary N) is 1. The number of nitrogens with two attached hydrogens (primary N) is 1. The molecule has 0 saturated heterocycles. The van der Waals surface area contributed by atoms with Crippen LogP contribution in [0.1, 0.15) is 249 Å². The van der Waals surface area contributed by atoms with E-state index in [2.05, 4.69) is 48.5 Å². The highest BCUT2D eigenvalue weighted by Crippen LogP contribution is 2.14. The van der Waals surface area contributed by atoms with Crippen molar-refractivity contribution in [2.45, 2.75) is 245 Å². The van der Waals surface area contributed by atoms with Crippen molar-refractivity contribution in [1.82, 2.24) is 5.32 Å². The molecule has 9 nitrogen and oxygen atoms in total. The first kappa shape index (κ1) is 59.4. The van der Waals surface area contributed by atoms with Gasteiger partial charge >= 0.3 is 11.9 Å². The number of esters is 2. The molecule has 1 rings (SSSR count). The van der Waals surface area contributed by atoms with Gasteiger partial charge in [0, 0.05) is 43.6 Å². The number of ether oxygens (including phenoxy) is 2. The highest BCUT2D eigenvalue weighted by atomic mass is 16.6. The van der Waals surface area contributed by atoms with Gasteiger partial charge in [0.05, 0.1) is 6.54 Å². The molecule has 0 heterocycles. The van der Waals surface area contributed by atoms with Crippen LogP contribution in [0.3, 0.4) is 0 Å². The molecule has 0 spiro atoms. The van der Waals surface area contributed by atoms with Gasteiger partial charge in [-0.2, -0.15) is 0 Å². The smallest absolute Gasteiger partial charge is 0.306 e. The standard InChI is InChI=1S/C56H95N3O6/c1-4-6-8-10-12-14-16-18-20-22-24-26-28-30-35-39-54(61)64-48-53(65-55(62)40-36-31-29-27-25-23-21-19-17-15-13-11-9-7-5-2)56(63)59-46-45-58-47-50-41-43-51(44-42-50)52(60)38-34-32-33-37-49(3)57/h18-21,41-44,47,49,53H,4-17,22-40,45-46,48,57H2,1-3H3,(H,59,63)/b20-18-,21-19-,58-47?. The van der Waals surface area contributed by atoms with E-state index in [0.717, 1.165) is 102 Å². The first-order chi connectivity index (χ1) is 31.8. The monoisotopic (exact) mass is 906 g/mol. The fraction of sp³-hybridized carbons (Fsp3) is 0.732. The number of aliphatic imine (C=N–C) groups is 1. The third-order valence-corrected chi connectivity index (χ3v) is 11.8. The first-order valence-electron chi connectivity index (χ1n) is 26.6. The molecule has 0 aromatic heterocycles. The number of nitrogens with zero attached hydrogens (tertiary/aromatic N) is 1. The van der Waals surface area contributed by atoms with Crippen molar-refractivity contribution >= 4 is 29.8 Å². The van der Waals surface area contributed by atoms with Gasteiger partial charge in [-0.1, -0.05) is 178 Å². The van der Waals surface area contributed by atoms with E-state index in [0.29, 0.717) is 24.9 Å². The van der Waals surface area contributed by atoms with Crippen LogP contribution in [0.25, 0.3) is 0 Å². The average Bonchev–Trinajstić information content (AvgIpc) is 3.30. The second-order valence-electron chi connectivity index (χ2n) is 18.3. The Hall–Kier alpha value is -3.59. The van der Waals surface area contributed by atoms with Crippen molar-refractivity contribution in [3.63, 3.8) is 0 Å². The van der Waals surface area contributed by atoms with E-state index < -0.39 is 18.0 Å². The summed E-state index contributed by atoms with van der Waals surface area (Å²) in [5, 5.41) is 2.80. The van der Waals surface area contributed by atoms with Crippen molar-refractivity contribution in [2.75, 3.05) is 19.7 Å². The van der Waals surface area contributed by atoms with Gasteiger partial charge in [0.2, 0.25) is 6.10 Å².